The van der Waals surface area contributed by atoms with E-state index in [1.165, 1.54) is 15.3 Å². The summed E-state index contributed by atoms with van der Waals surface area (Å²) in [6.45, 7) is 5.44. The van der Waals surface area contributed by atoms with E-state index in [1.807, 2.05) is 17.6 Å². The quantitative estimate of drug-likeness (QED) is 0.810. The molecule has 0 aliphatic heterocycles. The molecule has 2 nitrogen and oxygen atoms in total. The molecule has 0 fully saturated rings. The van der Waals surface area contributed by atoms with Crippen LogP contribution in [-0.2, 0) is 12.8 Å². The summed E-state index contributed by atoms with van der Waals surface area (Å²) in [6.07, 6.45) is 6.93. The van der Waals surface area contributed by atoms with Crippen LogP contribution in [-0.4, -0.2) is 6.54 Å². The van der Waals surface area contributed by atoms with Crippen molar-refractivity contribution in [1.29, 1.82) is 0 Å². The second-order valence-corrected chi connectivity index (χ2v) is 5.74. The third-order valence-electron chi connectivity index (χ3n) is 3.06. The molecule has 0 aliphatic rings. The van der Waals surface area contributed by atoms with Crippen LogP contribution in [0.5, 0.6) is 0 Å². The lowest BCUT2D eigenvalue weighted by atomic mass is 10.1. The Morgan fingerprint density at radius 1 is 1.22 bits per heavy atom. The largest absolute Gasteiger partial charge is 0.472 e. The number of rotatable bonds is 7. The van der Waals surface area contributed by atoms with E-state index in [9.17, 15) is 0 Å². The number of nitrogens with one attached hydrogen (secondary N) is 1. The molecular weight excluding hydrogens is 242 g/mol. The minimum Gasteiger partial charge on any atom is -0.472 e. The van der Waals surface area contributed by atoms with Crippen LogP contribution in [0.25, 0.3) is 0 Å². The number of furan rings is 1. The van der Waals surface area contributed by atoms with E-state index in [0.717, 1.165) is 25.8 Å². The third kappa shape index (κ3) is 3.47. The molecule has 0 spiro atoms. The van der Waals surface area contributed by atoms with Gasteiger partial charge in [-0.25, -0.2) is 0 Å². The molecule has 1 N–H and O–H groups in total. The Hall–Kier alpha value is -1.06. The van der Waals surface area contributed by atoms with Gasteiger partial charge in [-0.3, -0.25) is 0 Å². The Balaban J connectivity index is 2.04. The zero-order valence-electron chi connectivity index (χ0n) is 11.1. The first-order chi connectivity index (χ1) is 8.83. The fourth-order valence-corrected chi connectivity index (χ4v) is 3.03. The van der Waals surface area contributed by atoms with Crippen molar-refractivity contribution >= 4 is 11.3 Å². The van der Waals surface area contributed by atoms with Crippen molar-refractivity contribution in [2.24, 2.45) is 0 Å². The minimum atomic E-state index is 0.368. The molecule has 2 rings (SSSR count). The average molecular weight is 263 g/mol. The molecular formula is C15H21NOS. The normalized spacial score (nSPS) is 12.8. The van der Waals surface area contributed by atoms with Crippen molar-refractivity contribution in [3.05, 3.63) is 46.0 Å². The summed E-state index contributed by atoms with van der Waals surface area (Å²) in [5.74, 6) is 0. The minimum absolute atomic E-state index is 0.368. The number of aryl methyl sites for hydroxylation is 1. The summed E-state index contributed by atoms with van der Waals surface area (Å²) in [5.41, 5.74) is 1.25. The second kappa shape index (κ2) is 6.76. The van der Waals surface area contributed by atoms with E-state index in [1.54, 1.807) is 6.26 Å². The van der Waals surface area contributed by atoms with Gasteiger partial charge in [0.2, 0.25) is 0 Å². The topological polar surface area (TPSA) is 25.2 Å². The molecule has 0 aromatic carbocycles. The molecule has 0 saturated heterocycles. The van der Waals surface area contributed by atoms with Gasteiger partial charge in [0, 0.05) is 27.8 Å². The van der Waals surface area contributed by atoms with Crippen LogP contribution < -0.4 is 5.32 Å². The van der Waals surface area contributed by atoms with Crippen molar-refractivity contribution < 1.29 is 4.42 Å². The lowest BCUT2D eigenvalue weighted by molar-refractivity contribution is 0.514. The SMILES string of the molecule is CCCNC(Cc1ccc(CC)s1)c1ccoc1. The van der Waals surface area contributed by atoms with Crippen molar-refractivity contribution in [2.45, 2.75) is 39.2 Å². The maximum atomic E-state index is 5.20. The van der Waals surface area contributed by atoms with Gasteiger partial charge in [-0.2, -0.15) is 0 Å². The van der Waals surface area contributed by atoms with Gasteiger partial charge >= 0.3 is 0 Å². The van der Waals surface area contributed by atoms with Gasteiger partial charge in [-0.05, 0) is 37.6 Å². The van der Waals surface area contributed by atoms with Crippen LogP contribution in [0.2, 0.25) is 0 Å². The van der Waals surface area contributed by atoms with E-state index < -0.39 is 0 Å². The van der Waals surface area contributed by atoms with Gasteiger partial charge in [0.15, 0.2) is 0 Å². The molecule has 0 bridgehead atoms. The predicted octanol–water partition coefficient (Wildman–Crippen LogP) is 4.19. The van der Waals surface area contributed by atoms with Gasteiger partial charge in [-0.15, -0.1) is 11.3 Å². The molecule has 3 heteroatoms. The van der Waals surface area contributed by atoms with Crippen molar-refractivity contribution in [1.82, 2.24) is 5.32 Å². The highest BCUT2D eigenvalue weighted by molar-refractivity contribution is 7.11. The molecule has 1 unspecified atom stereocenters. The van der Waals surface area contributed by atoms with Crippen LogP contribution in [0.4, 0.5) is 0 Å². The van der Waals surface area contributed by atoms with E-state index in [4.69, 9.17) is 4.42 Å². The van der Waals surface area contributed by atoms with Gasteiger partial charge in [0.05, 0.1) is 12.5 Å². The Morgan fingerprint density at radius 3 is 2.67 bits per heavy atom. The van der Waals surface area contributed by atoms with Gasteiger partial charge < -0.3 is 9.73 Å². The van der Waals surface area contributed by atoms with Crippen LogP contribution in [0.1, 0.15) is 41.6 Å². The van der Waals surface area contributed by atoms with E-state index >= 15 is 0 Å². The van der Waals surface area contributed by atoms with Crippen molar-refractivity contribution in [3.63, 3.8) is 0 Å². The van der Waals surface area contributed by atoms with E-state index in [-0.39, 0.29) is 0 Å². The fraction of sp³-hybridized carbons (Fsp3) is 0.467. The average Bonchev–Trinajstić information content (AvgIpc) is 3.05. The highest BCUT2D eigenvalue weighted by Gasteiger charge is 2.13. The molecule has 1 atom stereocenters. The van der Waals surface area contributed by atoms with Crippen LogP contribution in [0.3, 0.4) is 0 Å². The lowest BCUT2D eigenvalue weighted by Gasteiger charge is -2.16. The molecule has 0 saturated carbocycles. The molecule has 0 amide bonds. The summed E-state index contributed by atoms with van der Waals surface area (Å²) < 4.78 is 5.20. The third-order valence-corrected chi connectivity index (χ3v) is 4.31. The summed E-state index contributed by atoms with van der Waals surface area (Å²) in [6, 6.07) is 6.92. The van der Waals surface area contributed by atoms with Crippen LogP contribution in [0.15, 0.2) is 35.1 Å². The predicted molar refractivity (Wildman–Crippen MR) is 77.1 cm³/mol. The zero-order chi connectivity index (χ0) is 12.8. The Kier molecular flexibility index (Phi) is 5.02. The highest BCUT2D eigenvalue weighted by Crippen LogP contribution is 2.24. The first-order valence-corrected chi connectivity index (χ1v) is 7.48. The number of hydrogen-bond donors (Lipinski definition) is 1. The first-order valence-electron chi connectivity index (χ1n) is 6.66. The van der Waals surface area contributed by atoms with Crippen LogP contribution in [0, 0.1) is 0 Å². The lowest BCUT2D eigenvalue weighted by Crippen LogP contribution is -2.23. The van der Waals surface area contributed by atoms with Gasteiger partial charge in [0.1, 0.15) is 0 Å². The van der Waals surface area contributed by atoms with Gasteiger partial charge in [0.25, 0.3) is 0 Å². The molecule has 98 valence electrons. The second-order valence-electron chi connectivity index (χ2n) is 4.49. The van der Waals surface area contributed by atoms with Crippen molar-refractivity contribution in [3.8, 4) is 0 Å². The maximum Gasteiger partial charge on any atom is 0.0950 e. The molecule has 2 aromatic heterocycles. The first kappa shape index (κ1) is 13.4. The van der Waals surface area contributed by atoms with Crippen molar-refractivity contribution in [2.75, 3.05) is 6.54 Å². The molecule has 2 aromatic rings. The number of thiophene rings is 1. The Morgan fingerprint density at radius 2 is 2.06 bits per heavy atom. The highest BCUT2D eigenvalue weighted by atomic mass is 32.1. The van der Waals surface area contributed by atoms with E-state index in [2.05, 4.69) is 37.4 Å². The summed E-state index contributed by atoms with van der Waals surface area (Å²) in [4.78, 5) is 2.91. The summed E-state index contributed by atoms with van der Waals surface area (Å²) in [5, 5.41) is 3.59. The summed E-state index contributed by atoms with van der Waals surface area (Å²) in [7, 11) is 0. The number of hydrogen-bond acceptors (Lipinski definition) is 3. The van der Waals surface area contributed by atoms with E-state index in [0.29, 0.717) is 6.04 Å². The molecule has 18 heavy (non-hydrogen) atoms. The zero-order valence-corrected chi connectivity index (χ0v) is 11.9. The summed E-state index contributed by atoms with van der Waals surface area (Å²) >= 11 is 1.92. The molecule has 0 radical (unpaired) electrons. The maximum absolute atomic E-state index is 5.20. The standard InChI is InChI=1S/C15H21NOS/c1-3-8-16-15(12-7-9-17-11-12)10-14-6-5-13(4-2)18-14/h5-7,9,11,15-16H,3-4,8,10H2,1-2H3. The Bertz CT molecular complexity index is 447. The monoisotopic (exact) mass is 263 g/mol. The Labute approximate surface area is 113 Å². The fourth-order valence-electron chi connectivity index (χ4n) is 2.02. The molecule has 2 heterocycles. The van der Waals surface area contributed by atoms with Crippen LogP contribution >= 0.6 is 11.3 Å². The molecule has 0 aliphatic carbocycles. The smallest absolute Gasteiger partial charge is 0.0950 e. The van der Waals surface area contributed by atoms with Gasteiger partial charge in [-0.1, -0.05) is 13.8 Å².